The molecule has 2 aromatic rings. The summed E-state index contributed by atoms with van der Waals surface area (Å²) in [6.07, 6.45) is 2.51. The fraction of sp³-hybridized carbons (Fsp3) is 0.476. The van der Waals surface area contributed by atoms with Gasteiger partial charge >= 0.3 is 0 Å². The summed E-state index contributed by atoms with van der Waals surface area (Å²) in [5.41, 5.74) is 1.98. The molecule has 2 saturated heterocycles. The molecule has 27 heavy (non-hydrogen) atoms. The molecule has 6 heteroatoms. The first-order valence-electron chi connectivity index (χ1n) is 9.78. The van der Waals surface area contributed by atoms with Gasteiger partial charge in [-0.2, -0.15) is 5.26 Å². The van der Waals surface area contributed by atoms with Crippen molar-refractivity contribution in [2.45, 2.75) is 26.3 Å². The van der Waals surface area contributed by atoms with Gasteiger partial charge in [0, 0.05) is 51.9 Å². The smallest absolute Gasteiger partial charge is 0.134 e. The molecule has 0 saturated carbocycles. The van der Waals surface area contributed by atoms with Crippen molar-refractivity contribution in [1.82, 2.24) is 14.9 Å². The molecule has 3 heterocycles. The minimum absolute atomic E-state index is 0.719. The first-order valence-corrected chi connectivity index (χ1v) is 9.78. The Balaban J connectivity index is 1.38. The monoisotopic (exact) mass is 362 g/mol. The molecule has 4 rings (SSSR count). The second kappa shape index (κ2) is 7.93. The quantitative estimate of drug-likeness (QED) is 0.833. The third-order valence-electron chi connectivity index (χ3n) is 5.43. The van der Waals surface area contributed by atoms with E-state index in [4.69, 9.17) is 10.2 Å². The lowest BCUT2D eigenvalue weighted by Gasteiger charge is -2.35. The second-order valence-corrected chi connectivity index (χ2v) is 7.40. The average molecular weight is 362 g/mol. The van der Waals surface area contributed by atoms with E-state index in [1.807, 2.05) is 19.1 Å². The van der Waals surface area contributed by atoms with E-state index in [1.54, 1.807) is 0 Å². The summed E-state index contributed by atoms with van der Waals surface area (Å²) < 4.78 is 0. The highest BCUT2D eigenvalue weighted by molar-refractivity contribution is 5.51. The van der Waals surface area contributed by atoms with Crippen LogP contribution in [-0.4, -0.2) is 54.1 Å². The zero-order valence-electron chi connectivity index (χ0n) is 15.9. The van der Waals surface area contributed by atoms with Crippen LogP contribution in [0.25, 0.3) is 0 Å². The van der Waals surface area contributed by atoms with Crippen LogP contribution in [0.3, 0.4) is 0 Å². The Morgan fingerprint density at radius 1 is 0.889 bits per heavy atom. The highest BCUT2D eigenvalue weighted by Crippen LogP contribution is 2.23. The lowest BCUT2D eigenvalue weighted by molar-refractivity contribution is 0.249. The molecular formula is C21H26N6. The molecular weight excluding hydrogens is 336 g/mol. The van der Waals surface area contributed by atoms with Gasteiger partial charge in [-0.15, -0.1) is 0 Å². The van der Waals surface area contributed by atoms with Crippen LogP contribution in [0.2, 0.25) is 0 Å². The highest BCUT2D eigenvalue weighted by atomic mass is 15.3. The van der Waals surface area contributed by atoms with Gasteiger partial charge in [-0.3, -0.25) is 4.90 Å². The van der Waals surface area contributed by atoms with Gasteiger partial charge in [0.05, 0.1) is 11.6 Å². The number of rotatable bonds is 4. The number of aromatic nitrogens is 2. The first-order chi connectivity index (χ1) is 13.2. The van der Waals surface area contributed by atoms with Gasteiger partial charge in [0.25, 0.3) is 0 Å². The van der Waals surface area contributed by atoms with E-state index in [0.717, 1.165) is 68.8 Å². The predicted octanol–water partition coefficient (Wildman–Crippen LogP) is 2.58. The van der Waals surface area contributed by atoms with Crippen molar-refractivity contribution in [1.29, 1.82) is 5.26 Å². The number of nitrogens with zero attached hydrogens (tertiary/aromatic N) is 6. The highest BCUT2D eigenvalue weighted by Gasteiger charge is 2.21. The number of aryl methyl sites for hydroxylation is 1. The van der Waals surface area contributed by atoms with Crippen LogP contribution in [0.5, 0.6) is 0 Å². The van der Waals surface area contributed by atoms with Gasteiger partial charge in [0.1, 0.15) is 17.5 Å². The molecule has 2 aliphatic heterocycles. The van der Waals surface area contributed by atoms with E-state index in [2.05, 4.69) is 44.0 Å². The second-order valence-electron chi connectivity index (χ2n) is 7.40. The zero-order valence-corrected chi connectivity index (χ0v) is 15.9. The summed E-state index contributed by atoms with van der Waals surface area (Å²) in [7, 11) is 0. The molecule has 1 aromatic carbocycles. The molecule has 140 valence electrons. The van der Waals surface area contributed by atoms with Crippen LogP contribution in [0.4, 0.5) is 11.6 Å². The summed E-state index contributed by atoms with van der Waals surface area (Å²) in [5.74, 6) is 2.99. The molecule has 0 bridgehead atoms. The van der Waals surface area contributed by atoms with Gasteiger partial charge in [0.2, 0.25) is 0 Å². The Morgan fingerprint density at radius 3 is 2.07 bits per heavy atom. The number of hydrogen-bond donors (Lipinski definition) is 0. The maximum Gasteiger partial charge on any atom is 0.134 e. The number of benzene rings is 1. The van der Waals surface area contributed by atoms with Crippen LogP contribution < -0.4 is 9.80 Å². The minimum Gasteiger partial charge on any atom is -0.356 e. The molecule has 0 aliphatic carbocycles. The number of nitriles is 1. The van der Waals surface area contributed by atoms with Crippen LogP contribution in [0.15, 0.2) is 30.3 Å². The number of piperazine rings is 1. The van der Waals surface area contributed by atoms with E-state index in [1.165, 1.54) is 18.4 Å². The molecule has 1 aromatic heterocycles. The van der Waals surface area contributed by atoms with Crippen molar-refractivity contribution < 1.29 is 0 Å². The maximum atomic E-state index is 8.92. The van der Waals surface area contributed by atoms with E-state index in [-0.39, 0.29) is 0 Å². The third-order valence-corrected chi connectivity index (χ3v) is 5.43. The maximum absolute atomic E-state index is 8.92. The Morgan fingerprint density at radius 2 is 1.48 bits per heavy atom. The predicted molar refractivity (Wildman–Crippen MR) is 107 cm³/mol. The SMILES string of the molecule is Cc1nc(N2CCCC2)cc(N2CCN(Cc3ccc(C#N)cc3)CC2)n1. The lowest BCUT2D eigenvalue weighted by Crippen LogP contribution is -2.46. The third kappa shape index (κ3) is 4.20. The van der Waals surface area contributed by atoms with Crippen molar-refractivity contribution in [3.05, 3.63) is 47.3 Å². The number of anilines is 2. The summed E-state index contributed by atoms with van der Waals surface area (Å²) in [5, 5.41) is 8.92. The Labute approximate surface area is 161 Å². The van der Waals surface area contributed by atoms with Gasteiger partial charge in [0.15, 0.2) is 0 Å². The standard InChI is InChI=1S/C21H26N6/c1-17-23-20(26-8-2-3-9-26)14-21(24-17)27-12-10-25(11-13-27)16-19-6-4-18(15-22)5-7-19/h4-7,14H,2-3,8-13,16H2,1H3. The topological polar surface area (TPSA) is 59.3 Å². The molecule has 0 amide bonds. The normalized spacial score (nSPS) is 17.9. The number of hydrogen-bond acceptors (Lipinski definition) is 6. The van der Waals surface area contributed by atoms with E-state index in [9.17, 15) is 0 Å². The van der Waals surface area contributed by atoms with Gasteiger partial charge in [-0.1, -0.05) is 12.1 Å². The molecule has 0 spiro atoms. The molecule has 0 atom stereocenters. The Bertz CT molecular complexity index is 812. The molecule has 2 aliphatic rings. The lowest BCUT2D eigenvalue weighted by atomic mass is 10.1. The first kappa shape index (κ1) is 17.7. The Hall–Kier alpha value is -2.65. The minimum atomic E-state index is 0.719. The fourth-order valence-electron chi connectivity index (χ4n) is 3.88. The van der Waals surface area contributed by atoms with Crippen molar-refractivity contribution in [3.8, 4) is 6.07 Å². The molecule has 0 N–H and O–H groups in total. The van der Waals surface area contributed by atoms with Crippen molar-refractivity contribution in [2.24, 2.45) is 0 Å². The van der Waals surface area contributed by atoms with Gasteiger partial charge < -0.3 is 9.80 Å². The van der Waals surface area contributed by atoms with Crippen LogP contribution in [0.1, 0.15) is 29.8 Å². The van der Waals surface area contributed by atoms with Crippen LogP contribution in [0, 0.1) is 18.3 Å². The zero-order chi connectivity index (χ0) is 18.6. The summed E-state index contributed by atoms with van der Waals surface area (Å²) in [4.78, 5) is 16.6. The molecule has 2 fully saturated rings. The van der Waals surface area contributed by atoms with Crippen LogP contribution >= 0.6 is 0 Å². The van der Waals surface area contributed by atoms with Crippen molar-refractivity contribution >= 4 is 11.6 Å². The Kier molecular flexibility index (Phi) is 5.21. The largest absolute Gasteiger partial charge is 0.356 e. The summed E-state index contributed by atoms with van der Waals surface area (Å²) in [6.45, 7) is 9.12. The molecule has 6 nitrogen and oxygen atoms in total. The van der Waals surface area contributed by atoms with E-state index >= 15 is 0 Å². The molecule has 0 unspecified atom stereocenters. The van der Waals surface area contributed by atoms with Gasteiger partial charge in [-0.05, 0) is 37.5 Å². The average Bonchev–Trinajstić information content (AvgIpc) is 3.24. The van der Waals surface area contributed by atoms with Crippen LogP contribution in [-0.2, 0) is 6.54 Å². The van der Waals surface area contributed by atoms with E-state index in [0.29, 0.717) is 0 Å². The summed E-state index contributed by atoms with van der Waals surface area (Å²) in [6, 6.07) is 12.2. The fourth-order valence-corrected chi connectivity index (χ4v) is 3.88. The van der Waals surface area contributed by atoms with Crippen molar-refractivity contribution in [3.63, 3.8) is 0 Å². The van der Waals surface area contributed by atoms with E-state index < -0.39 is 0 Å². The molecule has 0 radical (unpaired) electrons. The van der Waals surface area contributed by atoms with Crippen molar-refractivity contribution in [2.75, 3.05) is 49.1 Å². The van der Waals surface area contributed by atoms with Gasteiger partial charge in [-0.25, -0.2) is 9.97 Å². The summed E-state index contributed by atoms with van der Waals surface area (Å²) >= 11 is 0.